The van der Waals surface area contributed by atoms with Crippen LogP contribution in [0, 0.1) is 20.8 Å². The highest BCUT2D eigenvalue weighted by Crippen LogP contribution is 2.23. The number of rotatable bonds is 4. The zero-order chi connectivity index (χ0) is 17.7. The van der Waals surface area contributed by atoms with E-state index in [2.05, 4.69) is 10.9 Å². The summed E-state index contributed by atoms with van der Waals surface area (Å²) in [5.74, 6) is -0.0920. The maximum absolute atomic E-state index is 12.1. The van der Waals surface area contributed by atoms with Crippen LogP contribution >= 0.6 is 0 Å². The summed E-state index contributed by atoms with van der Waals surface area (Å²) in [6.45, 7) is 7.32. The minimum Gasteiger partial charge on any atom is -0.480 e. The highest BCUT2D eigenvalue weighted by molar-refractivity contribution is 5.96. The van der Waals surface area contributed by atoms with Crippen LogP contribution in [0.2, 0.25) is 0 Å². The third-order valence-electron chi connectivity index (χ3n) is 3.76. The van der Waals surface area contributed by atoms with Crippen molar-refractivity contribution < 1.29 is 14.3 Å². The molecule has 0 unspecified atom stereocenters. The minimum absolute atomic E-state index is 0.360. The second-order valence-corrected chi connectivity index (χ2v) is 5.74. The van der Waals surface area contributed by atoms with Crippen molar-refractivity contribution in [1.29, 1.82) is 0 Å². The Morgan fingerprint density at radius 2 is 1.46 bits per heavy atom. The first-order valence-corrected chi connectivity index (χ1v) is 7.79. The van der Waals surface area contributed by atoms with Crippen molar-refractivity contribution in [2.24, 2.45) is 0 Å². The van der Waals surface area contributed by atoms with Gasteiger partial charge in [0.1, 0.15) is 5.75 Å². The van der Waals surface area contributed by atoms with E-state index in [1.54, 1.807) is 19.1 Å². The lowest BCUT2D eigenvalue weighted by atomic mass is 10.1. The Kier molecular flexibility index (Phi) is 5.58. The van der Waals surface area contributed by atoms with E-state index in [1.165, 1.54) is 0 Å². The Morgan fingerprint density at radius 1 is 0.875 bits per heavy atom. The molecule has 0 bridgehead atoms. The molecule has 2 N–H and O–H groups in total. The fourth-order valence-corrected chi connectivity index (χ4v) is 2.33. The molecule has 0 aromatic heterocycles. The summed E-state index contributed by atoms with van der Waals surface area (Å²) in [7, 11) is 0. The first-order valence-electron chi connectivity index (χ1n) is 7.79. The van der Waals surface area contributed by atoms with E-state index in [0.29, 0.717) is 11.3 Å². The molecule has 0 saturated heterocycles. The molecule has 0 fully saturated rings. The van der Waals surface area contributed by atoms with Crippen molar-refractivity contribution in [2.45, 2.75) is 33.8 Å². The number of aryl methyl sites for hydroxylation is 3. The number of hydrazine groups is 1. The average molecular weight is 326 g/mol. The van der Waals surface area contributed by atoms with E-state index in [-0.39, 0.29) is 5.91 Å². The Hall–Kier alpha value is -2.82. The van der Waals surface area contributed by atoms with Crippen molar-refractivity contribution in [3.05, 3.63) is 64.7 Å². The SMILES string of the molecule is Cc1ccccc1C(=O)NNC(=O)[C@@H](C)Oc1c(C)cccc1C. The van der Waals surface area contributed by atoms with Gasteiger partial charge in [-0.2, -0.15) is 0 Å². The van der Waals surface area contributed by atoms with Gasteiger partial charge >= 0.3 is 0 Å². The molecule has 126 valence electrons. The van der Waals surface area contributed by atoms with Crippen LogP contribution in [0.15, 0.2) is 42.5 Å². The molecule has 1 atom stereocenters. The molecule has 0 radical (unpaired) electrons. The molecule has 24 heavy (non-hydrogen) atoms. The summed E-state index contributed by atoms with van der Waals surface area (Å²) in [5, 5.41) is 0. The molecule has 0 aliphatic carbocycles. The number of amides is 2. The lowest BCUT2D eigenvalue weighted by Crippen LogP contribution is -2.47. The van der Waals surface area contributed by atoms with Crippen LogP contribution in [0.25, 0.3) is 0 Å². The number of carbonyl (C=O) groups is 2. The van der Waals surface area contributed by atoms with E-state index in [1.807, 2.05) is 51.1 Å². The predicted octanol–water partition coefficient (Wildman–Crippen LogP) is 2.84. The van der Waals surface area contributed by atoms with Crippen molar-refractivity contribution in [3.8, 4) is 5.75 Å². The molecular formula is C19H22N2O3. The van der Waals surface area contributed by atoms with Gasteiger partial charge in [0.25, 0.3) is 11.8 Å². The lowest BCUT2D eigenvalue weighted by Gasteiger charge is -2.18. The fourth-order valence-electron chi connectivity index (χ4n) is 2.33. The Labute approximate surface area is 142 Å². The van der Waals surface area contributed by atoms with Crippen molar-refractivity contribution >= 4 is 11.8 Å². The van der Waals surface area contributed by atoms with Gasteiger partial charge in [0.05, 0.1) is 0 Å². The number of para-hydroxylation sites is 1. The Balaban J connectivity index is 1.95. The van der Waals surface area contributed by atoms with Gasteiger partial charge in [0.2, 0.25) is 0 Å². The standard InChI is InChI=1S/C19H22N2O3/c1-12-8-5-6-11-16(12)19(23)21-20-18(22)15(4)24-17-13(2)9-7-10-14(17)3/h5-11,15H,1-4H3,(H,20,22)(H,21,23)/t15-/m1/s1. The number of hydrogen-bond donors (Lipinski definition) is 2. The van der Waals surface area contributed by atoms with Crippen LogP contribution in [0.4, 0.5) is 0 Å². The molecule has 0 aliphatic rings. The molecule has 0 saturated carbocycles. The molecule has 5 nitrogen and oxygen atoms in total. The largest absolute Gasteiger partial charge is 0.480 e. The maximum atomic E-state index is 12.1. The monoisotopic (exact) mass is 326 g/mol. The van der Waals surface area contributed by atoms with E-state index in [4.69, 9.17) is 4.74 Å². The second kappa shape index (κ2) is 7.64. The summed E-state index contributed by atoms with van der Waals surface area (Å²) in [6, 6.07) is 12.9. The van der Waals surface area contributed by atoms with Crippen LogP contribution in [0.1, 0.15) is 34.0 Å². The van der Waals surface area contributed by atoms with Crippen LogP contribution < -0.4 is 15.6 Å². The van der Waals surface area contributed by atoms with Gasteiger partial charge < -0.3 is 4.74 Å². The lowest BCUT2D eigenvalue weighted by molar-refractivity contribution is -0.128. The van der Waals surface area contributed by atoms with Gasteiger partial charge in [-0.3, -0.25) is 20.4 Å². The summed E-state index contributed by atoms with van der Waals surface area (Å²) in [6.07, 6.45) is -0.734. The van der Waals surface area contributed by atoms with Gasteiger partial charge in [0.15, 0.2) is 6.10 Å². The summed E-state index contributed by atoms with van der Waals surface area (Å²) in [4.78, 5) is 24.2. The van der Waals surface area contributed by atoms with Crippen LogP contribution in [0.3, 0.4) is 0 Å². The number of ether oxygens (including phenoxy) is 1. The van der Waals surface area contributed by atoms with Crippen LogP contribution in [0.5, 0.6) is 5.75 Å². The molecule has 0 aliphatic heterocycles. The predicted molar refractivity (Wildman–Crippen MR) is 92.8 cm³/mol. The van der Waals surface area contributed by atoms with Crippen LogP contribution in [-0.4, -0.2) is 17.9 Å². The van der Waals surface area contributed by atoms with Crippen LogP contribution in [-0.2, 0) is 4.79 Å². The maximum Gasteiger partial charge on any atom is 0.279 e. The molecule has 2 rings (SSSR count). The number of hydrogen-bond acceptors (Lipinski definition) is 3. The Morgan fingerprint density at radius 3 is 2.08 bits per heavy atom. The van der Waals surface area contributed by atoms with Gasteiger partial charge in [-0.25, -0.2) is 0 Å². The quantitative estimate of drug-likeness (QED) is 0.849. The van der Waals surface area contributed by atoms with E-state index in [0.717, 1.165) is 16.7 Å². The summed E-state index contributed by atoms with van der Waals surface area (Å²) in [5.41, 5.74) is 8.09. The topological polar surface area (TPSA) is 67.4 Å². The smallest absolute Gasteiger partial charge is 0.279 e. The molecule has 5 heteroatoms. The number of carbonyl (C=O) groups excluding carboxylic acids is 2. The highest BCUT2D eigenvalue weighted by atomic mass is 16.5. The third kappa shape index (κ3) is 4.13. The average Bonchev–Trinajstić information content (AvgIpc) is 2.56. The second-order valence-electron chi connectivity index (χ2n) is 5.74. The van der Waals surface area contributed by atoms with Gasteiger partial charge in [-0.1, -0.05) is 36.4 Å². The van der Waals surface area contributed by atoms with E-state index < -0.39 is 12.0 Å². The Bertz CT molecular complexity index is 736. The molecule has 0 heterocycles. The van der Waals surface area contributed by atoms with Gasteiger partial charge in [0, 0.05) is 5.56 Å². The third-order valence-corrected chi connectivity index (χ3v) is 3.76. The highest BCUT2D eigenvalue weighted by Gasteiger charge is 2.18. The zero-order valence-electron chi connectivity index (χ0n) is 14.3. The number of nitrogens with one attached hydrogen (secondary N) is 2. The summed E-state index contributed by atoms with van der Waals surface area (Å²) >= 11 is 0. The van der Waals surface area contributed by atoms with Gasteiger partial charge in [-0.05, 0) is 50.5 Å². The van der Waals surface area contributed by atoms with Crippen molar-refractivity contribution in [3.63, 3.8) is 0 Å². The van der Waals surface area contributed by atoms with Crippen molar-refractivity contribution in [1.82, 2.24) is 10.9 Å². The van der Waals surface area contributed by atoms with E-state index in [9.17, 15) is 9.59 Å². The first-order chi connectivity index (χ1) is 11.4. The van der Waals surface area contributed by atoms with Crippen molar-refractivity contribution in [2.75, 3.05) is 0 Å². The normalized spacial score (nSPS) is 11.5. The first kappa shape index (κ1) is 17.5. The zero-order valence-corrected chi connectivity index (χ0v) is 14.3. The molecule has 2 amide bonds. The fraction of sp³-hybridized carbons (Fsp3) is 0.263. The molecule has 0 spiro atoms. The molecular weight excluding hydrogens is 304 g/mol. The molecule has 2 aromatic carbocycles. The minimum atomic E-state index is -0.734. The summed E-state index contributed by atoms with van der Waals surface area (Å²) < 4.78 is 5.74. The van der Waals surface area contributed by atoms with E-state index >= 15 is 0 Å². The van der Waals surface area contributed by atoms with Gasteiger partial charge in [-0.15, -0.1) is 0 Å². The number of benzene rings is 2. The molecule has 2 aromatic rings.